The van der Waals surface area contributed by atoms with E-state index in [1.54, 1.807) is 11.6 Å². The first-order chi connectivity index (χ1) is 8.82. The van der Waals surface area contributed by atoms with Crippen LogP contribution in [0.3, 0.4) is 0 Å². The molecule has 108 valence electrons. The Labute approximate surface area is 112 Å². The zero-order valence-electron chi connectivity index (χ0n) is 11.7. The van der Waals surface area contributed by atoms with E-state index in [0.717, 1.165) is 31.4 Å². The predicted molar refractivity (Wildman–Crippen MR) is 68.2 cm³/mol. The van der Waals surface area contributed by atoms with Gasteiger partial charge in [-0.05, 0) is 25.7 Å². The lowest BCUT2D eigenvalue weighted by Crippen LogP contribution is -2.18. The lowest BCUT2D eigenvalue weighted by atomic mass is 9.94. The minimum absolute atomic E-state index is 0.0607. The molecule has 0 amide bonds. The minimum atomic E-state index is -4.35. The Bertz CT molecular complexity index is 440. The van der Waals surface area contributed by atoms with Gasteiger partial charge in [0.25, 0.3) is 0 Å². The van der Waals surface area contributed by atoms with Crippen molar-refractivity contribution in [3.63, 3.8) is 0 Å². The van der Waals surface area contributed by atoms with Crippen LogP contribution in [0.2, 0.25) is 0 Å². The van der Waals surface area contributed by atoms with Crippen molar-refractivity contribution in [2.24, 2.45) is 0 Å². The topological polar surface area (TPSA) is 17.8 Å². The van der Waals surface area contributed by atoms with E-state index in [9.17, 15) is 13.2 Å². The predicted octanol–water partition coefficient (Wildman–Crippen LogP) is 4.84. The molecular weight excluding hydrogens is 253 g/mol. The molecular formula is C14H21F3N2. The fourth-order valence-electron chi connectivity index (χ4n) is 3.10. The monoisotopic (exact) mass is 274 g/mol. The van der Waals surface area contributed by atoms with Crippen molar-refractivity contribution in [2.45, 2.75) is 71.0 Å². The van der Waals surface area contributed by atoms with Gasteiger partial charge in [0.05, 0.1) is 6.04 Å². The first kappa shape index (κ1) is 14.4. The molecule has 1 saturated carbocycles. The first-order valence-corrected chi connectivity index (χ1v) is 6.98. The van der Waals surface area contributed by atoms with Gasteiger partial charge in [-0.2, -0.15) is 18.3 Å². The number of alkyl halides is 3. The van der Waals surface area contributed by atoms with E-state index in [2.05, 4.69) is 5.10 Å². The molecule has 0 aromatic carbocycles. The van der Waals surface area contributed by atoms with Crippen LogP contribution in [0.25, 0.3) is 0 Å². The van der Waals surface area contributed by atoms with Gasteiger partial charge in [0.1, 0.15) is 0 Å². The molecule has 1 aromatic heterocycles. The largest absolute Gasteiger partial charge is 0.435 e. The fraction of sp³-hybridized carbons (Fsp3) is 0.786. The second-order valence-corrected chi connectivity index (χ2v) is 5.75. The number of aromatic nitrogens is 2. The number of rotatable bonds is 2. The van der Waals surface area contributed by atoms with Gasteiger partial charge in [-0.1, -0.05) is 33.1 Å². The summed E-state index contributed by atoms with van der Waals surface area (Å²) in [5.74, 6) is 0.0607. The van der Waals surface area contributed by atoms with E-state index in [1.165, 1.54) is 6.42 Å². The Morgan fingerprint density at radius 3 is 2.21 bits per heavy atom. The first-order valence-electron chi connectivity index (χ1n) is 6.98. The summed E-state index contributed by atoms with van der Waals surface area (Å²) >= 11 is 0. The molecule has 1 aliphatic rings. The molecule has 0 unspecified atom stereocenters. The van der Waals surface area contributed by atoms with E-state index in [-0.39, 0.29) is 12.0 Å². The lowest BCUT2D eigenvalue weighted by Gasteiger charge is -2.25. The average Bonchev–Trinajstić information content (AvgIpc) is 2.68. The van der Waals surface area contributed by atoms with Gasteiger partial charge in [0, 0.05) is 11.3 Å². The molecule has 0 N–H and O–H groups in total. The quantitative estimate of drug-likeness (QED) is 0.754. The van der Waals surface area contributed by atoms with Crippen LogP contribution in [0, 0.1) is 6.92 Å². The van der Waals surface area contributed by atoms with E-state index < -0.39 is 11.9 Å². The molecule has 2 nitrogen and oxygen atoms in total. The van der Waals surface area contributed by atoms with Crippen LogP contribution < -0.4 is 0 Å². The summed E-state index contributed by atoms with van der Waals surface area (Å²) in [6, 6.07) is 0.140. The third-order valence-corrected chi connectivity index (χ3v) is 3.93. The summed E-state index contributed by atoms with van der Waals surface area (Å²) in [7, 11) is 0. The van der Waals surface area contributed by atoms with Gasteiger partial charge in [0.2, 0.25) is 0 Å². The Morgan fingerprint density at radius 1 is 1.16 bits per heavy atom. The second-order valence-electron chi connectivity index (χ2n) is 5.75. The third kappa shape index (κ3) is 2.79. The molecule has 1 aromatic rings. The number of hydrogen-bond donors (Lipinski definition) is 0. The summed E-state index contributed by atoms with van der Waals surface area (Å²) in [6.07, 6.45) is 0.884. The van der Waals surface area contributed by atoms with Gasteiger partial charge in [-0.15, -0.1) is 0 Å². The highest BCUT2D eigenvalue weighted by molar-refractivity contribution is 5.29. The van der Waals surface area contributed by atoms with Crippen molar-refractivity contribution >= 4 is 0 Å². The van der Waals surface area contributed by atoms with Crippen LogP contribution in [-0.2, 0) is 6.18 Å². The van der Waals surface area contributed by atoms with Crippen molar-refractivity contribution in [1.29, 1.82) is 0 Å². The van der Waals surface area contributed by atoms with Crippen LogP contribution in [-0.4, -0.2) is 9.78 Å². The highest BCUT2D eigenvalue weighted by atomic mass is 19.4. The van der Waals surface area contributed by atoms with Crippen LogP contribution in [0.1, 0.15) is 74.9 Å². The molecule has 0 atom stereocenters. The molecule has 5 heteroatoms. The maximum atomic E-state index is 13.0. The van der Waals surface area contributed by atoms with Crippen LogP contribution in [0.5, 0.6) is 0 Å². The average molecular weight is 274 g/mol. The number of hydrogen-bond acceptors (Lipinski definition) is 1. The summed E-state index contributed by atoms with van der Waals surface area (Å²) < 4.78 is 40.7. The zero-order valence-corrected chi connectivity index (χ0v) is 11.7. The van der Waals surface area contributed by atoms with Crippen LogP contribution >= 0.6 is 0 Å². The second kappa shape index (κ2) is 5.17. The van der Waals surface area contributed by atoms with Gasteiger partial charge in [-0.3, -0.25) is 4.68 Å². The van der Waals surface area contributed by atoms with Gasteiger partial charge >= 0.3 is 6.18 Å². The standard InChI is InChI=1S/C14H21F3N2/c1-9(2)12-10(3)13(14(15,16)17)18-19(12)11-7-5-4-6-8-11/h9,11H,4-8H2,1-3H3. The Kier molecular flexibility index (Phi) is 3.92. The molecule has 1 fully saturated rings. The van der Waals surface area contributed by atoms with Crippen molar-refractivity contribution in [2.75, 3.05) is 0 Å². The van der Waals surface area contributed by atoms with Crippen molar-refractivity contribution < 1.29 is 13.2 Å². The summed E-state index contributed by atoms with van der Waals surface area (Å²) in [5, 5.41) is 3.92. The van der Waals surface area contributed by atoms with E-state index in [1.807, 2.05) is 13.8 Å². The van der Waals surface area contributed by atoms with Gasteiger partial charge < -0.3 is 0 Å². The molecule has 0 bridgehead atoms. The third-order valence-electron chi connectivity index (χ3n) is 3.93. The highest BCUT2D eigenvalue weighted by Crippen LogP contribution is 2.38. The normalized spacial score (nSPS) is 18.3. The Balaban J connectivity index is 2.46. The van der Waals surface area contributed by atoms with E-state index >= 15 is 0 Å². The fourth-order valence-corrected chi connectivity index (χ4v) is 3.10. The summed E-state index contributed by atoms with van der Waals surface area (Å²) in [6.45, 7) is 5.41. The van der Waals surface area contributed by atoms with Crippen LogP contribution in [0.15, 0.2) is 0 Å². The molecule has 19 heavy (non-hydrogen) atoms. The SMILES string of the molecule is Cc1c(C(F)(F)F)nn(C2CCCCC2)c1C(C)C. The molecule has 0 saturated heterocycles. The molecule has 1 aliphatic carbocycles. The van der Waals surface area contributed by atoms with Crippen LogP contribution in [0.4, 0.5) is 13.2 Å². The zero-order chi connectivity index (χ0) is 14.2. The van der Waals surface area contributed by atoms with E-state index in [0.29, 0.717) is 5.56 Å². The van der Waals surface area contributed by atoms with Gasteiger partial charge in [0.15, 0.2) is 5.69 Å². The summed E-state index contributed by atoms with van der Waals surface area (Å²) in [5.41, 5.74) is 0.342. The lowest BCUT2D eigenvalue weighted by molar-refractivity contribution is -0.142. The van der Waals surface area contributed by atoms with Gasteiger partial charge in [-0.25, -0.2) is 0 Å². The molecule has 0 radical (unpaired) electrons. The molecule has 1 heterocycles. The molecule has 0 spiro atoms. The summed E-state index contributed by atoms with van der Waals surface area (Å²) in [4.78, 5) is 0. The smallest absolute Gasteiger partial charge is 0.265 e. The van der Waals surface area contributed by atoms with Crippen molar-refractivity contribution in [3.8, 4) is 0 Å². The molecule has 0 aliphatic heterocycles. The van der Waals surface area contributed by atoms with Crippen molar-refractivity contribution in [1.82, 2.24) is 9.78 Å². The maximum Gasteiger partial charge on any atom is 0.435 e. The maximum absolute atomic E-state index is 13.0. The number of nitrogens with zero attached hydrogens (tertiary/aromatic N) is 2. The Morgan fingerprint density at radius 2 is 1.74 bits per heavy atom. The Hall–Kier alpha value is -1.00. The van der Waals surface area contributed by atoms with Crippen molar-refractivity contribution in [3.05, 3.63) is 17.0 Å². The number of halogens is 3. The highest BCUT2D eigenvalue weighted by Gasteiger charge is 2.39. The minimum Gasteiger partial charge on any atom is -0.265 e. The van der Waals surface area contributed by atoms with E-state index in [4.69, 9.17) is 0 Å². The molecule has 2 rings (SSSR count).